The molecule has 1 aliphatic carbocycles. The first kappa shape index (κ1) is 15.8. The zero-order valence-electron chi connectivity index (χ0n) is 12.3. The molecule has 0 radical (unpaired) electrons. The van der Waals surface area contributed by atoms with Crippen LogP contribution < -0.4 is 10.6 Å². The van der Waals surface area contributed by atoms with E-state index in [2.05, 4.69) is 10.6 Å². The van der Waals surface area contributed by atoms with Gasteiger partial charge in [0.15, 0.2) is 9.84 Å². The Balaban J connectivity index is 1.81. The summed E-state index contributed by atoms with van der Waals surface area (Å²) in [6.07, 6.45) is 6.90. The molecular weight excluding hydrogens is 288 g/mol. The SMILES string of the molecule is CS(=O)(=O)c1ccc(CNC(=O)NC2CCCCC2)cc1. The van der Waals surface area contributed by atoms with Gasteiger partial charge in [-0.15, -0.1) is 0 Å². The van der Waals surface area contributed by atoms with Gasteiger partial charge in [-0.05, 0) is 30.5 Å². The average Bonchev–Trinajstić information content (AvgIpc) is 2.46. The molecule has 0 atom stereocenters. The number of amides is 2. The Hall–Kier alpha value is -1.56. The van der Waals surface area contributed by atoms with Crippen molar-refractivity contribution in [1.82, 2.24) is 10.6 Å². The van der Waals surface area contributed by atoms with Gasteiger partial charge in [0.1, 0.15) is 0 Å². The maximum absolute atomic E-state index is 11.8. The van der Waals surface area contributed by atoms with Gasteiger partial charge in [0.25, 0.3) is 0 Å². The molecule has 5 nitrogen and oxygen atoms in total. The fourth-order valence-corrected chi connectivity index (χ4v) is 3.15. The summed E-state index contributed by atoms with van der Waals surface area (Å²) in [4.78, 5) is 12.1. The summed E-state index contributed by atoms with van der Waals surface area (Å²) in [7, 11) is -3.17. The molecule has 0 bridgehead atoms. The number of urea groups is 1. The first-order valence-corrected chi connectivity index (χ1v) is 9.17. The van der Waals surface area contributed by atoms with Gasteiger partial charge in [0.2, 0.25) is 0 Å². The van der Waals surface area contributed by atoms with E-state index in [4.69, 9.17) is 0 Å². The van der Waals surface area contributed by atoms with Crippen molar-refractivity contribution in [2.75, 3.05) is 6.26 Å². The van der Waals surface area contributed by atoms with Crippen molar-refractivity contribution in [2.24, 2.45) is 0 Å². The molecule has 0 heterocycles. The van der Waals surface area contributed by atoms with E-state index in [1.54, 1.807) is 24.3 Å². The molecule has 1 aliphatic rings. The third-order valence-electron chi connectivity index (χ3n) is 3.74. The van der Waals surface area contributed by atoms with Crippen molar-refractivity contribution in [3.63, 3.8) is 0 Å². The van der Waals surface area contributed by atoms with Crippen molar-refractivity contribution in [1.29, 1.82) is 0 Å². The molecule has 21 heavy (non-hydrogen) atoms. The fraction of sp³-hybridized carbons (Fsp3) is 0.533. The topological polar surface area (TPSA) is 75.3 Å². The predicted octanol–water partition coefficient (Wildman–Crippen LogP) is 2.22. The minimum atomic E-state index is -3.17. The van der Waals surface area contributed by atoms with E-state index in [-0.39, 0.29) is 17.0 Å². The van der Waals surface area contributed by atoms with Gasteiger partial charge in [-0.3, -0.25) is 0 Å². The smallest absolute Gasteiger partial charge is 0.315 e. The molecule has 0 aromatic heterocycles. The molecule has 116 valence electrons. The van der Waals surface area contributed by atoms with Crippen LogP contribution in [0.15, 0.2) is 29.2 Å². The second-order valence-electron chi connectivity index (χ2n) is 5.58. The van der Waals surface area contributed by atoms with Gasteiger partial charge in [-0.2, -0.15) is 0 Å². The third kappa shape index (κ3) is 5.04. The second-order valence-corrected chi connectivity index (χ2v) is 7.59. The molecule has 0 aliphatic heterocycles. The highest BCUT2D eigenvalue weighted by atomic mass is 32.2. The standard InChI is InChI=1S/C15H22N2O3S/c1-21(19,20)14-9-7-12(8-10-14)11-16-15(18)17-13-5-3-2-4-6-13/h7-10,13H,2-6,11H2,1H3,(H2,16,17,18). The second kappa shape index (κ2) is 6.93. The van der Waals surface area contributed by atoms with Crippen LogP contribution >= 0.6 is 0 Å². The maximum Gasteiger partial charge on any atom is 0.315 e. The highest BCUT2D eigenvalue weighted by molar-refractivity contribution is 7.90. The largest absolute Gasteiger partial charge is 0.335 e. The predicted molar refractivity (Wildman–Crippen MR) is 81.8 cm³/mol. The highest BCUT2D eigenvalue weighted by Gasteiger charge is 2.15. The molecule has 0 spiro atoms. The van der Waals surface area contributed by atoms with Crippen LogP contribution in [0, 0.1) is 0 Å². The first-order valence-electron chi connectivity index (χ1n) is 7.28. The Labute approximate surface area is 126 Å². The number of hydrogen-bond acceptors (Lipinski definition) is 3. The van der Waals surface area contributed by atoms with E-state index in [1.165, 1.54) is 25.5 Å². The number of carbonyl (C=O) groups excluding carboxylic acids is 1. The van der Waals surface area contributed by atoms with Crippen molar-refractivity contribution >= 4 is 15.9 Å². The van der Waals surface area contributed by atoms with Gasteiger partial charge >= 0.3 is 6.03 Å². The Morgan fingerprint density at radius 2 is 1.76 bits per heavy atom. The van der Waals surface area contributed by atoms with E-state index < -0.39 is 9.84 Å². The lowest BCUT2D eigenvalue weighted by Crippen LogP contribution is -2.42. The van der Waals surface area contributed by atoms with Crippen LogP contribution in [0.25, 0.3) is 0 Å². The maximum atomic E-state index is 11.8. The van der Waals surface area contributed by atoms with Crippen LogP contribution in [-0.2, 0) is 16.4 Å². The van der Waals surface area contributed by atoms with Crippen LogP contribution in [-0.4, -0.2) is 26.7 Å². The summed E-state index contributed by atoms with van der Waals surface area (Å²) < 4.78 is 22.7. The van der Waals surface area contributed by atoms with E-state index in [0.29, 0.717) is 6.54 Å². The van der Waals surface area contributed by atoms with Gasteiger partial charge in [0, 0.05) is 18.8 Å². The van der Waals surface area contributed by atoms with E-state index >= 15 is 0 Å². The highest BCUT2D eigenvalue weighted by Crippen LogP contribution is 2.17. The van der Waals surface area contributed by atoms with E-state index in [9.17, 15) is 13.2 Å². The fourth-order valence-electron chi connectivity index (χ4n) is 2.52. The summed E-state index contributed by atoms with van der Waals surface area (Å²) in [6.45, 7) is 0.391. The van der Waals surface area contributed by atoms with Gasteiger partial charge in [0.05, 0.1) is 4.90 Å². The van der Waals surface area contributed by atoms with Crippen LogP contribution in [0.1, 0.15) is 37.7 Å². The molecule has 2 amide bonds. The molecule has 1 aromatic carbocycles. The minimum absolute atomic E-state index is 0.158. The van der Waals surface area contributed by atoms with E-state index in [1.807, 2.05) is 0 Å². The number of benzene rings is 1. The molecular formula is C15H22N2O3S. The third-order valence-corrected chi connectivity index (χ3v) is 4.87. The minimum Gasteiger partial charge on any atom is -0.335 e. The zero-order valence-corrected chi connectivity index (χ0v) is 13.1. The number of rotatable bonds is 4. The Bertz CT molecular complexity index is 575. The molecule has 1 aromatic rings. The summed E-state index contributed by atoms with van der Waals surface area (Å²) in [5.41, 5.74) is 0.876. The summed E-state index contributed by atoms with van der Waals surface area (Å²) >= 11 is 0. The monoisotopic (exact) mass is 310 g/mol. The summed E-state index contributed by atoms with van der Waals surface area (Å²) in [6, 6.07) is 6.69. The average molecular weight is 310 g/mol. The number of sulfone groups is 1. The number of nitrogens with one attached hydrogen (secondary N) is 2. The van der Waals surface area contributed by atoms with Gasteiger partial charge in [-0.1, -0.05) is 31.4 Å². The molecule has 1 fully saturated rings. The van der Waals surface area contributed by atoms with Gasteiger partial charge < -0.3 is 10.6 Å². The van der Waals surface area contributed by atoms with Gasteiger partial charge in [-0.25, -0.2) is 13.2 Å². The van der Waals surface area contributed by atoms with Crippen molar-refractivity contribution in [3.05, 3.63) is 29.8 Å². The molecule has 0 saturated heterocycles. The molecule has 1 saturated carbocycles. The van der Waals surface area contributed by atoms with Crippen LogP contribution in [0.2, 0.25) is 0 Å². The summed E-state index contributed by atoms with van der Waals surface area (Å²) in [5.74, 6) is 0. The molecule has 6 heteroatoms. The Kier molecular flexibility index (Phi) is 5.22. The Morgan fingerprint density at radius 1 is 1.14 bits per heavy atom. The number of carbonyl (C=O) groups is 1. The normalized spacial score (nSPS) is 16.4. The first-order chi connectivity index (χ1) is 9.95. The quantitative estimate of drug-likeness (QED) is 0.895. The van der Waals surface area contributed by atoms with E-state index in [0.717, 1.165) is 18.4 Å². The van der Waals surface area contributed by atoms with Crippen LogP contribution in [0.4, 0.5) is 4.79 Å². The lowest BCUT2D eigenvalue weighted by molar-refractivity contribution is 0.232. The van der Waals surface area contributed by atoms with Crippen LogP contribution in [0.3, 0.4) is 0 Å². The van der Waals surface area contributed by atoms with Crippen LogP contribution in [0.5, 0.6) is 0 Å². The summed E-state index contributed by atoms with van der Waals surface area (Å²) in [5, 5.41) is 5.78. The lowest BCUT2D eigenvalue weighted by Gasteiger charge is -2.22. The van der Waals surface area contributed by atoms with Crippen molar-refractivity contribution < 1.29 is 13.2 Å². The zero-order chi connectivity index (χ0) is 15.3. The Morgan fingerprint density at radius 3 is 2.33 bits per heavy atom. The number of hydrogen-bond donors (Lipinski definition) is 2. The lowest BCUT2D eigenvalue weighted by atomic mass is 9.96. The van der Waals surface area contributed by atoms with Crippen molar-refractivity contribution in [2.45, 2.75) is 49.6 Å². The van der Waals surface area contributed by atoms with Crippen molar-refractivity contribution in [3.8, 4) is 0 Å². The molecule has 0 unspecified atom stereocenters. The molecule has 2 N–H and O–H groups in total. The molecule has 2 rings (SSSR count).